The summed E-state index contributed by atoms with van der Waals surface area (Å²) in [5, 5.41) is 8.60. The Morgan fingerprint density at radius 1 is 1.38 bits per heavy atom. The van der Waals surface area contributed by atoms with Crippen molar-refractivity contribution in [2.45, 2.75) is 0 Å². The molecule has 0 amide bonds. The van der Waals surface area contributed by atoms with Crippen molar-refractivity contribution < 1.29 is 48.8 Å². The van der Waals surface area contributed by atoms with Crippen molar-refractivity contribution in [3.63, 3.8) is 0 Å². The Morgan fingerprint density at radius 2 is 1.92 bits per heavy atom. The summed E-state index contributed by atoms with van der Waals surface area (Å²) in [7, 11) is 0. The van der Waals surface area contributed by atoms with E-state index in [2.05, 4.69) is 20.1 Å². The molecule has 0 saturated carbocycles. The molecule has 0 bridgehead atoms. The van der Waals surface area contributed by atoms with Gasteiger partial charge in [0.1, 0.15) is 5.56 Å². The number of benzene rings is 1. The minimum atomic E-state index is -1.000. The molecule has 6 heteroatoms. The third kappa shape index (κ3) is 4.10. The molecule has 0 fully saturated rings. The van der Waals surface area contributed by atoms with Crippen LogP contribution in [0, 0.1) is 0 Å². The van der Waals surface area contributed by atoms with Crippen LogP contribution in [0.2, 0.25) is 0 Å². The van der Waals surface area contributed by atoms with Gasteiger partial charge < -0.3 is 14.4 Å². The zero-order valence-electron chi connectivity index (χ0n) is 6.90. The minimum Gasteiger partial charge on any atom is -0.870 e. The molecule has 2 N–H and O–H groups in total. The molecule has 0 heterocycles. The van der Waals surface area contributed by atoms with Crippen LogP contribution in [-0.2, 0) is 0 Å². The van der Waals surface area contributed by atoms with E-state index in [0.717, 1.165) is 0 Å². The van der Waals surface area contributed by atoms with Crippen LogP contribution in [0.3, 0.4) is 0 Å². The van der Waals surface area contributed by atoms with Crippen molar-refractivity contribution in [2.75, 3.05) is 0 Å². The summed E-state index contributed by atoms with van der Waals surface area (Å²) >= 11 is 2.71. The molecule has 4 nitrogen and oxygen atoms in total. The van der Waals surface area contributed by atoms with Crippen LogP contribution >= 0.6 is 16.3 Å². The normalized spacial score (nSPS) is 7.77. The third-order valence-electron chi connectivity index (χ3n) is 1.20. The predicted octanol–water partition coefficient (Wildman–Crippen LogP) is -1.10. The molecular formula is C7H6BrNaO4. The molecule has 66 valence electrons. The molecule has 0 atom stereocenters. The molecule has 0 aliphatic rings. The maximum atomic E-state index is 10.5. The van der Waals surface area contributed by atoms with Crippen LogP contribution in [-0.4, -0.2) is 16.6 Å². The number of carboxylic acid groups (broad SMARTS) is 1. The monoisotopic (exact) mass is 256 g/mol. The van der Waals surface area contributed by atoms with Crippen molar-refractivity contribution >= 4 is 22.2 Å². The fraction of sp³-hybridized carbons (Fsp3) is 0. The van der Waals surface area contributed by atoms with Gasteiger partial charge >= 0.3 is 35.5 Å². The number of rotatable bonds is 2. The molecule has 13 heavy (non-hydrogen) atoms. The number of halogens is 1. The van der Waals surface area contributed by atoms with Gasteiger partial charge in [0.25, 0.3) is 0 Å². The van der Waals surface area contributed by atoms with E-state index in [-0.39, 0.29) is 40.6 Å². The van der Waals surface area contributed by atoms with Crippen LogP contribution in [0.1, 0.15) is 10.4 Å². The van der Waals surface area contributed by atoms with Gasteiger partial charge in [-0.3, -0.25) is 0 Å². The second-order valence-electron chi connectivity index (χ2n) is 1.88. The maximum absolute atomic E-state index is 10.5. The van der Waals surface area contributed by atoms with E-state index in [4.69, 9.17) is 5.11 Å². The predicted molar refractivity (Wildman–Crippen MR) is 44.9 cm³/mol. The smallest absolute Gasteiger partial charge is 0.870 e. The number of hydrogen-bond acceptors (Lipinski definition) is 3. The van der Waals surface area contributed by atoms with Gasteiger partial charge in [-0.2, -0.15) is 0 Å². The van der Waals surface area contributed by atoms with E-state index in [1.165, 1.54) is 6.07 Å². The Balaban J connectivity index is 0. The number of para-hydroxylation sites is 1. The van der Waals surface area contributed by atoms with Crippen molar-refractivity contribution in [1.82, 2.24) is 0 Å². The second kappa shape index (κ2) is 7.34. The summed E-state index contributed by atoms with van der Waals surface area (Å²) in [6.45, 7) is 0. The number of hydrogen-bond donors (Lipinski definition) is 1. The maximum Gasteiger partial charge on any atom is 1.00 e. The van der Waals surface area contributed by atoms with Gasteiger partial charge in [0.05, 0.1) is 0 Å². The first-order valence-electron chi connectivity index (χ1n) is 2.86. The summed E-state index contributed by atoms with van der Waals surface area (Å²) in [5.41, 5.74) is 0.143. The van der Waals surface area contributed by atoms with E-state index >= 15 is 0 Å². The number of carbonyl (C=O) groups is 1. The molecule has 1 rings (SSSR count). The zero-order chi connectivity index (χ0) is 8.27. The molecule has 0 saturated heterocycles. The molecule has 0 radical (unpaired) electrons. The molecule has 0 aromatic heterocycles. The van der Waals surface area contributed by atoms with Crippen LogP contribution in [0.25, 0.3) is 0 Å². The summed E-state index contributed by atoms with van der Waals surface area (Å²) in [6, 6.07) is 6.37. The number of aromatic carboxylic acids is 1. The van der Waals surface area contributed by atoms with Crippen molar-refractivity contribution in [3.05, 3.63) is 29.8 Å². The van der Waals surface area contributed by atoms with Gasteiger partial charge in [0.15, 0.2) is 22.0 Å². The van der Waals surface area contributed by atoms with E-state index < -0.39 is 5.97 Å². The van der Waals surface area contributed by atoms with Crippen LogP contribution in [0.15, 0.2) is 24.3 Å². The first kappa shape index (κ1) is 15.4. The second-order valence-corrected chi connectivity index (χ2v) is 2.20. The fourth-order valence-corrected chi connectivity index (χ4v) is 0.993. The van der Waals surface area contributed by atoms with Gasteiger partial charge in [-0.05, 0) is 12.1 Å². The average Bonchev–Trinajstić information content (AvgIpc) is 2.04. The first-order chi connectivity index (χ1) is 5.25. The molecule has 1 aromatic rings. The Hall–Kier alpha value is -0.0700. The fourth-order valence-electron chi connectivity index (χ4n) is 0.711. The quantitative estimate of drug-likeness (QED) is 0.682. The summed E-state index contributed by atoms with van der Waals surface area (Å²) in [6.07, 6.45) is 0. The Labute approximate surface area is 106 Å². The molecule has 0 aliphatic heterocycles. The van der Waals surface area contributed by atoms with E-state index in [1.54, 1.807) is 18.2 Å². The average molecular weight is 257 g/mol. The van der Waals surface area contributed by atoms with Gasteiger partial charge in [0.2, 0.25) is 0 Å². The van der Waals surface area contributed by atoms with Crippen molar-refractivity contribution in [1.29, 1.82) is 0 Å². The van der Waals surface area contributed by atoms with E-state index in [9.17, 15) is 4.79 Å². The van der Waals surface area contributed by atoms with Gasteiger partial charge in [-0.15, -0.1) is 0 Å². The largest absolute Gasteiger partial charge is 1.00 e. The standard InChI is InChI=1S/C7H5BrO3.Na.H2O/c8-11-6-4-2-1-3-5(6)7(9)10;;/h1-4H,(H,9,10);;1H2/q;+1;/p-1. The SMILES string of the molecule is O=C(O)c1ccccc1OBr.[Na+].[OH-]. The van der Waals surface area contributed by atoms with Crippen LogP contribution in [0.4, 0.5) is 0 Å². The Bertz CT molecular complexity index is 279. The van der Waals surface area contributed by atoms with E-state index in [1.807, 2.05) is 0 Å². The summed E-state index contributed by atoms with van der Waals surface area (Å²) < 4.78 is 4.64. The zero-order valence-corrected chi connectivity index (χ0v) is 10.5. The molecule has 0 aliphatic carbocycles. The van der Waals surface area contributed by atoms with Gasteiger partial charge in [-0.1, -0.05) is 12.1 Å². The minimum absolute atomic E-state index is 0. The Kier molecular flexibility index (Phi) is 8.70. The van der Waals surface area contributed by atoms with Gasteiger partial charge in [-0.25, -0.2) is 4.79 Å². The topological polar surface area (TPSA) is 76.5 Å². The summed E-state index contributed by atoms with van der Waals surface area (Å²) in [4.78, 5) is 10.5. The first-order valence-corrected chi connectivity index (χ1v) is 3.51. The van der Waals surface area contributed by atoms with Crippen LogP contribution < -0.4 is 33.4 Å². The summed E-state index contributed by atoms with van der Waals surface area (Å²) in [5.74, 6) is -0.694. The molecule has 0 unspecified atom stereocenters. The third-order valence-corrected chi connectivity index (χ3v) is 1.55. The molecular weight excluding hydrogens is 251 g/mol. The van der Waals surface area contributed by atoms with Crippen LogP contribution in [0.5, 0.6) is 5.75 Å². The van der Waals surface area contributed by atoms with Crippen molar-refractivity contribution in [2.24, 2.45) is 0 Å². The Morgan fingerprint density at radius 3 is 2.31 bits per heavy atom. The van der Waals surface area contributed by atoms with Gasteiger partial charge in [0, 0.05) is 0 Å². The molecule has 0 spiro atoms. The van der Waals surface area contributed by atoms with Crippen molar-refractivity contribution in [3.8, 4) is 5.75 Å². The number of carboxylic acids is 1. The van der Waals surface area contributed by atoms with E-state index in [0.29, 0.717) is 5.75 Å². The molecule has 1 aromatic carbocycles.